The van der Waals surface area contributed by atoms with Gasteiger partial charge in [0.05, 0.1) is 16.4 Å². The second kappa shape index (κ2) is 9.13. The van der Waals surface area contributed by atoms with Crippen LogP contribution >= 0.6 is 34.8 Å². The van der Waals surface area contributed by atoms with E-state index in [-0.39, 0.29) is 37.6 Å². The van der Waals surface area contributed by atoms with E-state index in [0.29, 0.717) is 5.56 Å². The summed E-state index contributed by atoms with van der Waals surface area (Å²) < 4.78 is 42.7. The lowest BCUT2D eigenvalue weighted by Crippen LogP contribution is -2.42. The van der Waals surface area contributed by atoms with E-state index < -0.39 is 17.7 Å². The van der Waals surface area contributed by atoms with E-state index in [1.165, 1.54) is 24.3 Å². The van der Waals surface area contributed by atoms with E-state index in [1.807, 2.05) is 0 Å². The summed E-state index contributed by atoms with van der Waals surface area (Å²) in [7, 11) is 0. The minimum atomic E-state index is -4.87. The topological polar surface area (TPSA) is 67.6 Å². The molecule has 34 heavy (non-hydrogen) atoms. The number of alkyl halides is 3. The predicted octanol–water partition coefficient (Wildman–Crippen LogP) is 6.50. The highest BCUT2D eigenvalue weighted by molar-refractivity contribution is 6.35. The number of rotatable bonds is 4. The smallest absolute Gasteiger partial charge is 0.267 e. The Morgan fingerprint density at radius 1 is 0.971 bits per heavy atom. The van der Waals surface area contributed by atoms with Crippen molar-refractivity contribution in [3.8, 4) is 0 Å². The number of halogens is 6. The number of amides is 1. The Labute approximate surface area is 207 Å². The molecule has 1 amide bonds. The molecule has 176 valence electrons. The molecule has 11 heteroatoms. The van der Waals surface area contributed by atoms with E-state index >= 15 is 0 Å². The van der Waals surface area contributed by atoms with Crippen LogP contribution in [-0.4, -0.2) is 12.1 Å². The van der Waals surface area contributed by atoms with Crippen LogP contribution in [0, 0.1) is 0 Å². The molecule has 1 aliphatic heterocycles. The number of hydrazine groups is 1. The molecule has 0 saturated heterocycles. The average molecular weight is 529 g/mol. The van der Waals surface area contributed by atoms with Gasteiger partial charge in [-0.15, -0.1) is 0 Å². The SMILES string of the molecule is NN(C(=O)c1ccccc1)c1cc(C2=CC(c3cc(Cl)cc(Cl)c3)(C(F)(F)F)ON2)ccc1Cl. The molecule has 4 rings (SSSR count). The lowest BCUT2D eigenvalue weighted by Gasteiger charge is -2.28. The first-order chi connectivity index (χ1) is 16.0. The van der Waals surface area contributed by atoms with Gasteiger partial charge in [-0.3, -0.25) is 15.1 Å². The summed E-state index contributed by atoms with van der Waals surface area (Å²) in [5, 5.41) is 0.983. The second-order valence-corrected chi connectivity index (χ2v) is 8.64. The molecule has 0 aliphatic carbocycles. The molecule has 0 spiro atoms. The Hall–Kier alpha value is -2.75. The van der Waals surface area contributed by atoms with Gasteiger partial charge in [-0.1, -0.05) is 59.1 Å². The molecule has 3 aromatic rings. The van der Waals surface area contributed by atoms with Crippen molar-refractivity contribution in [2.75, 3.05) is 5.01 Å². The summed E-state index contributed by atoms with van der Waals surface area (Å²) in [6.07, 6.45) is -4.00. The van der Waals surface area contributed by atoms with E-state index in [1.54, 1.807) is 30.3 Å². The number of carbonyl (C=O) groups excluding carboxylic acids is 1. The monoisotopic (exact) mass is 527 g/mol. The maximum atomic E-state index is 14.2. The summed E-state index contributed by atoms with van der Waals surface area (Å²) in [4.78, 5) is 17.8. The molecule has 1 atom stereocenters. The maximum Gasteiger partial charge on any atom is 0.428 e. The molecule has 3 aromatic carbocycles. The fourth-order valence-electron chi connectivity index (χ4n) is 3.45. The highest BCUT2D eigenvalue weighted by atomic mass is 35.5. The van der Waals surface area contributed by atoms with Crippen LogP contribution < -0.4 is 16.3 Å². The normalized spacial score (nSPS) is 17.8. The number of nitrogens with zero attached hydrogens (tertiary/aromatic N) is 1. The summed E-state index contributed by atoms with van der Waals surface area (Å²) in [6, 6.07) is 16.0. The molecule has 1 aliphatic rings. The minimum Gasteiger partial charge on any atom is -0.267 e. The van der Waals surface area contributed by atoms with Crippen molar-refractivity contribution in [1.29, 1.82) is 0 Å². The molecule has 0 radical (unpaired) electrons. The van der Waals surface area contributed by atoms with E-state index in [2.05, 4.69) is 5.48 Å². The van der Waals surface area contributed by atoms with Crippen LogP contribution in [0.3, 0.4) is 0 Å². The molecule has 0 bridgehead atoms. The third-order valence-corrected chi connectivity index (χ3v) is 5.89. The standard InChI is InChI=1S/C23H15Cl3F3N3O2/c24-16-9-15(10-17(25)11-16)22(23(27,28)29)12-19(31-34-22)14-6-7-18(26)20(8-14)32(30)21(33)13-4-2-1-3-5-13/h1-12,31H,30H2. The maximum absolute atomic E-state index is 14.2. The molecule has 1 unspecified atom stereocenters. The highest BCUT2D eigenvalue weighted by Crippen LogP contribution is 2.48. The summed E-state index contributed by atoms with van der Waals surface area (Å²) in [6.45, 7) is 0. The zero-order chi connectivity index (χ0) is 24.7. The molecule has 5 nitrogen and oxygen atoms in total. The van der Waals surface area contributed by atoms with Gasteiger partial charge in [0.2, 0.25) is 5.60 Å². The first-order valence-corrected chi connectivity index (χ1v) is 10.8. The third-order valence-electron chi connectivity index (χ3n) is 5.14. The minimum absolute atomic E-state index is 0.0172. The van der Waals surface area contributed by atoms with Crippen LogP contribution in [-0.2, 0) is 10.4 Å². The van der Waals surface area contributed by atoms with Crippen LogP contribution in [0.1, 0.15) is 21.5 Å². The fraction of sp³-hybridized carbons (Fsp3) is 0.0870. The quantitative estimate of drug-likeness (QED) is 0.230. The Morgan fingerprint density at radius 3 is 2.24 bits per heavy atom. The van der Waals surface area contributed by atoms with Crippen LogP contribution in [0.25, 0.3) is 5.70 Å². The van der Waals surface area contributed by atoms with Crippen LogP contribution in [0.4, 0.5) is 18.9 Å². The molecular weight excluding hydrogens is 514 g/mol. The largest absolute Gasteiger partial charge is 0.428 e. The number of hydrogen-bond donors (Lipinski definition) is 2. The fourth-order valence-corrected chi connectivity index (χ4v) is 4.18. The van der Waals surface area contributed by atoms with Crippen molar-refractivity contribution in [3.05, 3.63) is 105 Å². The Kier molecular flexibility index (Phi) is 6.54. The lowest BCUT2D eigenvalue weighted by atomic mass is 9.91. The average Bonchev–Trinajstić information content (AvgIpc) is 3.25. The second-order valence-electron chi connectivity index (χ2n) is 7.36. The van der Waals surface area contributed by atoms with Gasteiger partial charge in [0.1, 0.15) is 0 Å². The number of hydroxylamine groups is 1. The van der Waals surface area contributed by atoms with Crippen molar-refractivity contribution < 1.29 is 22.8 Å². The van der Waals surface area contributed by atoms with Crippen molar-refractivity contribution in [2.45, 2.75) is 11.8 Å². The molecule has 3 N–H and O–H groups in total. The molecule has 0 saturated carbocycles. The van der Waals surface area contributed by atoms with Crippen molar-refractivity contribution in [3.63, 3.8) is 0 Å². The third kappa shape index (κ3) is 4.47. The molecular formula is C23H15Cl3F3N3O2. The molecule has 1 heterocycles. The van der Waals surface area contributed by atoms with Gasteiger partial charge >= 0.3 is 6.18 Å². The first-order valence-electron chi connectivity index (χ1n) is 9.66. The van der Waals surface area contributed by atoms with Gasteiger partial charge < -0.3 is 0 Å². The predicted molar refractivity (Wildman–Crippen MR) is 125 cm³/mol. The summed E-state index contributed by atoms with van der Waals surface area (Å²) in [5.74, 6) is 5.45. The van der Waals surface area contributed by atoms with E-state index in [0.717, 1.165) is 23.2 Å². The van der Waals surface area contributed by atoms with Gasteiger partial charge in [-0.25, -0.2) is 10.9 Å². The number of benzene rings is 3. The number of nitrogens with one attached hydrogen (secondary N) is 1. The summed E-state index contributed by atoms with van der Waals surface area (Å²) >= 11 is 18.1. The van der Waals surface area contributed by atoms with E-state index in [9.17, 15) is 18.0 Å². The zero-order valence-electron chi connectivity index (χ0n) is 17.0. The Bertz CT molecular complexity index is 1270. The van der Waals surface area contributed by atoms with Gasteiger partial charge in [-0.2, -0.15) is 13.2 Å². The van der Waals surface area contributed by atoms with Gasteiger partial charge in [-0.05, 0) is 48.5 Å². The molecule has 0 fully saturated rings. The Morgan fingerprint density at radius 2 is 1.62 bits per heavy atom. The first kappa shape index (κ1) is 24.4. The van der Waals surface area contributed by atoms with Gasteiger partial charge in [0.25, 0.3) is 5.91 Å². The number of hydrogen-bond acceptors (Lipinski definition) is 4. The highest BCUT2D eigenvalue weighted by Gasteiger charge is 2.59. The van der Waals surface area contributed by atoms with Crippen LogP contribution in [0.5, 0.6) is 0 Å². The molecule has 0 aromatic heterocycles. The van der Waals surface area contributed by atoms with Gasteiger partial charge in [0.15, 0.2) is 0 Å². The van der Waals surface area contributed by atoms with Crippen LogP contribution in [0.15, 0.2) is 72.8 Å². The van der Waals surface area contributed by atoms with Gasteiger partial charge in [0, 0.05) is 26.7 Å². The van der Waals surface area contributed by atoms with Crippen LogP contribution in [0.2, 0.25) is 15.1 Å². The zero-order valence-corrected chi connectivity index (χ0v) is 19.3. The van der Waals surface area contributed by atoms with Crippen molar-refractivity contribution in [1.82, 2.24) is 5.48 Å². The lowest BCUT2D eigenvalue weighted by molar-refractivity contribution is -0.269. The van der Waals surface area contributed by atoms with Crippen molar-refractivity contribution in [2.24, 2.45) is 5.84 Å². The number of anilines is 1. The number of carbonyl (C=O) groups is 1. The number of nitrogens with two attached hydrogens (primary N) is 1. The summed E-state index contributed by atoms with van der Waals surface area (Å²) in [5.41, 5.74) is -0.231. The van der Waals surface area contributed by atoms with Crippen molar-refractivity contribution >= 4 is 52.1 Å². The Balaban J connectivity index is 1.76. The van der Waals surface area contributed by atoms with E-state index in [4.69, 9.17) is 45.5 Å².